The van der Waals surface area contributed by atoms with Crippen molar-refractivity contribution in [1.29, 1.82) is 0 Å². The number of benzene rings is 2. The Hall–Kier alpha value is -0.780. The maximum absolute atomic E-state index is 13.3. The molecule has 0 aliphatic rings. The lowest BCUT2D eigenvalue weighted by Gasteiger charge is -2.13. The molecule has 0 fully saturated rings. The van der Waals surface area contributed by atoms with Crippen LogP contribution in [0.5, 0.6) is 5.75 Å². The van der Waals surface area contributed by atoms with E-state index >= 15 is 0 Å². The largest absolute Gasteiger partial charge is 0.495 e. The normalized spacial score (nSPS) is 10.4. The second kappa shape index (κ2) is 6.78. The number of halogens is 4. The maximum Gasteiger partial charge on any atom is 0.138 e. The van der Waals surface area contributed by atoms with Crippen molar-refractivity contribution in [3.05, 3.63) is 55.7 Å². The highest BCUT2D eigenvalue weighted by Gasteiger charge is 2.09. The number of hydrogen-bond acceptors (Lipinski definition) is 2. The van der Waals surface area contributed by atoms with E-state index in [9.17, 15) is 4.39 Å². The summed E-state index contributed by atoms with van der Waals surface area (Å²) >= 11 is 12.7. The summed E-state index contributed by atoms with van der Waals surface area (Å²) in [7, 11) is 1.61. The van der Waals surface area contributed by atoms with Gasteiger partial charge in [-0.3, -0.25) is 0 Å². The lowest BCUT2D eigenvalue weighted by atomic mass is 10.2. The van der Waals surface area contributed by atoms with Gasteiger partial charge in [0.2, 0.25) is 0 Å². The standard InChI is InChI=1S/C14H11Br2ClFNO/c1-20-14-8(2-9(15)3-13(14)16)7-19-12-5-10(17)4-11(18)6-12/h2-6,19H,7H2,1H3. The molecule has 0 amide bonds. The number of hydrogen-bond donors (Lipinski definition) is 1. The first-order valence-electron chi connectivity index (χ1n) is 5.71. The first-order valence-corrected chi connectivity index (χ1v) is 7.68. The van der Waals surface area contributed by atoms with Gasteiger partial charge in [0, 0.05) is 27.3 Å². The van der Waals surface area contributed by atoms with E-state index < -0.39 is 0 Å². The fourth-order valence-corrected chi connectivity index (χ4v) is 3.52. The summed E-state index contributed by atoms with van der Waals surface area (Å²) in [5, 5.41) is 3.48. The number of nitrogens with one attached hydrogen (secondary N) is 1. The lowest BCUT2D eigenvalue weighted by Crippen LogP contribution is -2.02. The summed E-state index contributed by atoms with van der Waals surface area (Å²) < 4.78 is 20.4. The molecule has 0 saturated heterocycles. The molecule has 0 aliphatic heterocycles. The highest BCUT2D eigenvalue weighted by molar-refractivity contribution is 9.11. The van der Waals surface area contributed by atoms with Gasteiger partial charge in [0.15, 0.2) is 0 Å². The highest BCUT2D eigenvalue weighted by Crippen LogP contribution is 2.33. The zero-order chi connectivity index (χ0) is 14.7. The Morgan fingerprint density at radius 2 is 1.95 bits per heavy atom. The Kier molecular flexibility index (Phi) is 5.29. The van der Waals surface area contributed by atoms with Gasteiger partial charge in [-0.05, 0) is 46.3 Å². The summed E-state index contributed by atoms with van der Waals surface area (Å²) in [5.74, 6) is 0.366. The first kappa shape index (κ1) is 15.6. The monoisotopic (exact) mass is 421 g/mol. The van der Waals surface area contributed by atoms with Crippen LogP contribution >= 0.6 is 43.5 Å². The molecular formula is C14H11Br2ClFNO. The van der Waals surface area contributed by atoms with Gasteiger partial charge in [-0.25, -0.2) is 4.39 Å². The predicted octanol–water partition coefficient (Wildman–Crippen LogP) is 5.62. The van der Waals surface area contributed by atoms with Crippen molar-refractivity contribution in [3.8, 4) is 5.75 Å². The summed E-state index contributed by atoms with van der Waals surface area (Å²) in [6.45, 7) is 0.487. The average molecular weight is 424 g/mol. The van der Waals surface area contributed by atoms with Crippen molar-refractivity contribution < 1.29 is 9.13 Å². The van der Waals surface area contributed by atoms with Crippen LogP contribution in [0.15, 0.2) is 39.3 Å². The molecule has 2 aromatic rings. The van der Waals surface area contributed by atoms with Crippen molar-refractivity contribution >= 4 is 49.1 Å². The van der Waals surface area contributed by atoms with Crippen molar-refractivity contribution in [2.75, 3.05) is 12.4 Å². The number of ether oxygens (including phenoxy) is 1. The number of methoxy groups -OCH3 is 1. The van der Waals surface area contributed by atoms with Crippen LogP contribution in [0.3, 0.4) is 0 Å². The molecule has 106 valence electrons. The van der Waals surface area contributed by atoms with Crippen LogP contribution in [0.2, 0.25) is 5.02 Å². The molecule has 0 unspecified atom stereocenters. The minimum atomic E-state index is -0.373. The topological polar surface area (TPSA) is 21.3 Å². The minimum absolute atomic E-state index is 0.356. The molecular weight excluding hydrogens is 412 g/mol. The zero-order valence-electron chi connectivity index (χ0n) is 10.5. The quantitative estimate of drug-likeness (QED) is 0.689. The Bertz CT molecular complexity index is 617. The Morgan fingerprint density at radius 3 is 2.60 bits per heavy atom. The summed E-state index contributed by atoms with van der Waals surface area (Å²) in [4.78, 5) is 0. The molecule has 6 heteroatoms. The van der Waals surface area contributed by atoms with Gasteiger partial charge in [0.05, 0.1) is 11.6 Å². The molecule has 0 heterocycles. The van der Waals surface area contributed by atoms with Crippen LogP contribution in [0.25, 0.3) is 0 Å². The number of anilines is 1. The molecule has 20 heavy (non-hydrogen) atoms. The molecule has 0 atom stereocenters. The molecule has 0 bridgehead atoms. The zero-order valence-corrected chi connectivity index (χ0v) is 14.4. The predicted molar refractivity (Wildman–Crippen MR) is 87.1 cm³/mol. The third kappa shape index (κ3) is 3.87. The Morgan fingerprint density at radius 1 is 1.20 bits per heavy atom. The van der Waals surface area contributed by atoms with Crippen LogP contribution in [-0.2, 0) is 6.54 Å². The van der Waals surface area contributed by atoms with Crippen LogP contribution in [0.1, 0.15) is 5.56 Å². The van der Waals surface area contributed by atoms with Gasteiger partial charge < -0.3 is 10.1 Å². The van der Waals surface area contributed by atoms with Gasteiger partial charge in [-0.2, -0.15) is 0 Å². The third-order valence-electron chi connectivity index (χ3n) is 2.63. The fourth-order valence-electron chi connectivity index (χ4n) is 1.83. The van der Waals surface area contributed by atoms with Gasteiger partial charge in [-0.15, -0.1) is 0 Å². The molecule has 0 aliphatic carbocycles. The highest BCUT2D eigenvalue weighted by atomic mass is 79.9. The Balaban J connectivity index is 2.22. The molecule has 0 aromatic heterocycles. The molecule has 2 aromatic carbocycles. The van der Waals surface area contributed by atoms with Gasteiger partial charge >= 0.3 is 0 Å². The van der Waals surface area contributed by atoms with Crippen LogP contribution in [0, 0.1) is 5.82 Å². The molecule has 2 nitrogen and oxygen atoms in total. The minimum Gasteiger partial charge on any atom is -0.495 e. The van der Waals surface area contributed by atoms with E-state index in [4.69, 9.17) is 16.3 Å². The smallest absolute Gasteiger partial charge is 0.138 e. The molecule has 0 spiro atoms. The van der Waals surface area contributed by atoms with Crippen molar-refractivity contribution in [2.24, 2.45) is 0 Å². The van der Waals surface area contributed by atoms with E-state index in [0.29, 0.717) is 17.3 Å². The SMILES string of the molecule is COc1c(Br)cc(Br)cc1CNc1cc(F)cc(Cl)c1. The molecule has 0 radical (unpaired) electrons. The van der Waals surface area contributed by atoms with E-state index in [1.165, 1.54) is 12.1 Å². The molecule has 2 rings (SSSR count). The van der Waals surface area contributed by atoms with Gasteiger partial charge in [0.1, 0.15) is 11.6 Å². The van der Waals surface area contributed by atoms with Crippen LogP contribution in [-0.4, -0.2) is 7.11 Å². The van der Waals surface area contributed by atoms with E-state index in [1.54, 1.807) is 13.2 Å². The Labute approximate surface area is 138 Å². The van der Waals surface area contributed by atoms with Crippen molar-refractivity contribution in [2.45, 2.75) is 6.54 Å². The third-order valence-corrected chi connectivity index (χ3v) is 3.90. The van der Waals surface area contributed by atoms with E-state index in [2.05, 4.69) is 37.2 Å². The summed E-state index contributed by atoms with van der Waals surface area (Å²) in [5.41, 5.74) is 1.56. The van der Waals surface area contributed by atoms with Crippen LogP contribution < -0.4 is 10.1 Å². The first-order chi connectivity index (χ1) is 9.49. The average Bonchev–Trinajstić information content (AvgIpc) is 2.34. The van der Waals surface area contributed by atoms with E-state index in [1.807, 2.05) is 12.1 Å². The van der Waals surface area contributed by atoms with Gasteiger partial charge in [0.25, 0.3) is 0 Å². The maximum atomic E-state index is 13.3. The summed E-state index contributed by atoms with van der Waals surface area (Å²) in [6.07, 6.45) is 0. The second-order valence-electron chi connectivity index (χ2n) is 4.09. The molecule has 1 N–H and O–H groups in total. The summed E-state index contributed by atoms with van der Waals surface area (Å²) in [6, 6.07) is 8.18. The van der Waals surface area contributed by atoms with Crippen LogP contribution in [0.4, 0.5) is 10.1 Å². The number of rotatable bonds is 4. The van der Waals surface area contributed by atoms with E-state index in [-0.39, 0.29) is 5.82 Å². The van der Waals surface area contributed by atoms with E-state index in [0.717, 1.165) is 20.3 Å². The molecule has 0 saturated carbocycles. The van der Waals surface area contributed by atoms with Crippen molar-refractivity contribution in [1.82, 2.24) is 0 Å². The van der Waals surface area contributed by atoms with Crippen molar-refractivity contribution in [3.63, 3.8) is 0 Å². The fraction of sp³-hybridized carbons (Fsp3) is 0.143. The lowest BCUT2D eigenvalue weighted by molar-refractivity contribution is 0.407. The van der Waals surface area contributed by atoms with Gasteiger partial charge in [-0.1, -0.05) is 27.5 Å². The second-order valence-corrected chi connectivity index (χ2v) is 6.30.